The third-order valence-corrected chi connectivity index (χ3v) is 2.88. The van der Waals surface area contributed by atoms with E-state index in [1.807, 2.05) is 18.6 Å². The van der Waals surface area contributed by atoms with Gasteiger partial charge in [0.2, 0.25) is 0 Å². The van der Waals surface area contributed by atoms with Gasteiger partial charge in [0.1, 0.15) is 0 Å². The van der Waals surface area contributed by atoms with Crippen LogP contribution < -0.4 is 0 Å². The first-order valence-electron chi connectivity index (χ1n) is 4.62. The molecule has 0 N–H and O–H groups in total. The Morgan fingerprint density at radius 3 is 3.00 bits per heavy atom. The Morgan fingerprint density at radius 2 is 2.20 bits per heavy atom. The number of pyridine rings is 1. The molecule has 0 aromatic carbocycles. The minimum atomic E-state index is -0.0497. The second-order valence-electron chi connectivity index (χ2n) is 4.03. The summed E-state index contributed by atoms with van der Waals surface area (Å²) in [5.41, 5.74) is 3.20. The predicted molar refractivity (Wildman–Crippen MR) is 52.7 cm³/mol. The third kappa shape index (κ3) is 1.23. The summed E-state index contributed by atoms with van der Waals surface area (Å²) in [6.07, 6.45) is 6.61. The van der Waals surface area contributed by atoms with Crippen molar-refractivity contribution in [2.45, 2.75) is 19.4 Å². The number of nitrogens with zero attached hydrogens (tertiary/aromatic N) is 3. The van der Waals surface area contributed by atoms with Gasteiger partial charge in [0.05, 0.1) is 0 Å². The topological polar surface area (TPSA) is 30.7 Å². The van der Waals surface area contributed by atoms with E-state index in [-0.39, 0.29) is 26.6 Å². The van der Waals surface area contributed by atoms with Crippen LogP contribution in [0.2, 0.25) is 0 Å². The molecule has 15 heavy (non-hydrogen) atoms. The Morgan fingerprint density at radius 1 is 1.40 bits per heavy atom. The quantitative estimate of drug-likeness (QED) is 0.654. The van der Waals surface area contributed by atoms with E-state index in [4.69, 9.17) is 0 Å². The SMILES string of the molecule is CC1(C)c2cccnc2-c2[c-]ncn21.[Pt]. The van der Waals surface area contributed by atoms with E-state index in [9.17, 15) is 0 Å². The maximum absolute atomic E-state index is 4.38. The fourth-order valence-electron chi connectivity index (χ4n) is 2.07. The van der Waals surface area contributed by atoms with Crippen LogP contribution in [0.15, 0.2) is 24.7 Å². The van der Waals surface area contributed by atoms with E-state index in [1.165, 1.54) is 5.56 Å². The summed E-state index contributed by atoms with van der Waals surface area (Å²) >= 11 is 0. The van der Waals surface area contributed by atoms with Crippen LogP contribution >= 0.6 is 0 Å². The first-order chi connectivity index (χ1) is 6.71. The first-order valence-corrected chi connectivity index (χ1v) is 4.62. The number of hydrogen-bond donors (Lipinski definition) is 0. The average Bonchev–Trinajstić information content (AvgIpc) is 2.72. The molecule has 3 heterocycles. The number of imidazole rings is 1. The standard InChI is InChI=1S/C11H10N3.Pt/c1-11(2)8-4-3-5-13-10(8)9-6-12-7-14(9)11;/h3-5,7H,1-2H3;/q-1;. The van der Waals surface area contributed by atoms with E-state index in [2.05, 4.69) is 40.6 Å². The Labute approximate surface area is 103 Å². The molecule has 0 amide bonds. The number of rotatable bonds is 0. The van der Waals surface area contributed by atoms with Gasteiger partial charge in [-0.2, -0.15) is 0 Å². The van der Waals surface area contributed by atoms with Crippen molar-refractivity contribution in [2.75, 3.05) is 0 Å². The molecule has 2 aromatic heterocycles. The molecule has 0 saturated carbocycles. The predicted octanol–water partition coefficient (Wildman–Crippen LogP) is 1.84. The Kier molecular flexibility index (Phi) is 2.31. The summed E-state index contributed by atoms with van der Waals surface area (Å²) in [6.45, 7) is 4.33. The molecule has 0 radical (unpaired) electrons. The van der Waals surface area contributed by atoms with Gasteiger partial charge < -0.3 is 14.5 Å². The van der Waals surface area contributed by atoms with Crippen LogP contribution in [0.4, 0.5) is 0 Å². The van der Waals surface area contributed by atoms with E-state index in [0.29, 0.717) is 0 Å². The second-order valence-corrected chi connectivity index (χ2v) is 4.03. The molecule has 0 spiro atoms. The van der Waals surface area contributed by atoms with Crippen molar-refractivity contribution < 1.29 is 21.1 Å². The molecule has 3 rings (SSSR count). The summed E-state index contributed by atoms with van der Waals surface area (Å²) in [7, 11) is 0. The van der Waals surface area contributed by atoms with Crippen molar-refractivity contribution in [2.24, 2.45) is 0 Å². The van der Waals surface area contributed by atoms with Gasteiger partial charge in [-0.1, -0.05) is 17.8 Å². The van der Waals surface area contributed by atoms with Crippen LogP contribution in [0.5, 0.6) is 0 Å². The Hall–Kier alpha value is -0.952. The van der Waals surface area contributed by atoms with Gasteiger partial charge in [-0.05, 0) is 37.6 Å². The molecule has 80 valence electrons. The zero-order chi connectivity index (χ0) is 9.76. The summed E-state index contributed by atoms with van der Waals surface area (Å²) in [6, 6.07) is 4.09. The van der Waals surface area contributed by atoms with Crippen LogP contribution in [0.1, 0.15) is 19.4 Å². The van der Waals surface area contributed by atoms with Crippen LogP contribution in [0.3, 0.4) is 0 Å². The van der Waals surface area contributed by atoms with Gasteiger partial charge in [0, 0.05) is 32.8 Å². The minimum Gasteiger partial charge on any atom is -0.395 e. The molecule has 0 aliphatic carbocycles. The number of aromatic nitrogens is 3. The summed E-state index contributed by atoms with van der Waals surface area (Å²) in [4.78, 5) is 8.41. The van der Waals surface area contributed by atoms with Crippen molar-refractivity contribution in [3.63, 3.8) is 0 Å². The van der Waals surface area contributed by atoms with Crippen molar-refractivity contribution in [1.29, 1.82) is 0 Å². The van der Waals surface area contributed by atoms with Gasteiger partial charge in [0.15, 0.2) is 0 Å². The van der Waals surface area contributed by atoms with Crippen LogP contribution in [0.25, 0.3) is 11.4 Å². The molecule has 0 atom stereocenters. The molecule has 4 heteroatoms. The zero-order valence-corrected chi connectivity index (χ0v) is 10.7. The number of hydrogen-bond acceptors (Lipinski definition) is 2. The summed E-state index contributed by atoms with van der Waals surface area (Å²) < 4.78 is 2.12. The van der Waals surface area contributed by atoms with E-state index < -0.39 is 0 Å². The molecular weight excluding hydrogens is 369 g/mol. The third-order valence-electron chi connectivity index (χ3n) is 2.88. The van der Waals surface area contributed by atoms with Crippen molar-refractivity contribution in [3.8, 4) is 11.4 Å². The van der Waals surface area contributed by atoms with E-state index >= 15 is 0 Å². The van der Waals surface area contributed by atoms with Gasteiger partial charge in [-0.3, -0.25) is 0 Å². The van der Waals surface area contributed by atoms with E-state index in [0.717, 1.165) is 11.4 Å². The fraction of sp³-hybridized carbons (Fsp3) is 0.273. The molecule has 1 aliphatic heterocycles. The van der Waals surface area contributed by atoms with Crippen LogP contribution in [-0.4, -0.2) is 14.5 Å². The van der Waals surface area contributed by atoms with Crippen LogP contribution in [-0.2, 0) is 26.6 Å². The summed E-state index contributed by atoms with van der Waals surface area (Å²) in [5.74, 6) is 0. The maximum Gasteiger partial charge on any atom is 0.0430 e. The molecule has 0 saturated heterocycles. The molecule has 0 fully saturated rings. The Balaban J connectivity index is 0.000000853. The largest absolute Gasteiger partial charge is 0.395 e. The van der Waals surface area contributed by atoms with Gasteiger partial charge >= 0.3 is 0 Å². The molecule has 3 nitrogen and oxygen atoms in total. The molecule has 0 unspecified atom stereocenters. The van der Waals surface area contributed by atoms with Crippen LogP contribution in [0, 0.1) is 6.20 Å². The first kappa shape index (κ1) is 10.6. The number of fused-ring (bicyclic) bond motifs is 3. The zero-order valence-electron chi connectivity index (χ0n) is 8.47. The normalized spacial score (nSPS) is 15.3. The fourth-order valence-corrected chi connectivity index (χ4v) is 2.07. The van der Waals surface area contributed by atoms with Gasteiger partial charge in [0.25, 0.3) is 0 Å². The molecule has 0 bridgehead atoms. The van der Waals surface area contributed by atoms with E-state index in [1.54, 1.807) is 0 Å². The van der Waals surface area contributed by atoms with Crippen molar-refractivity contribution >= 4 is 0 Å². The second kappa shape index (κ2) is 3.28. The van der Waals surface area contributed by atoms with Crippen molar-refractivity contribution in [1.82, 2.24) is 14.5 Å². The maximum atomic E-state index is 4.38. The smallest absolute Gasteiger partial charge is 0.0430 e. The summed E-state index contributed by atoms with van der Waals surface area (Å²) in [5, 5.41) is 0. The monoisotopic (exact) mass is 379 g/mol. The molecule has 2 aromatic rings. The molecular formula is C11H10N3Pt-. The van der Waals surface area contributed by atoms with Crippen molar-refractivity contribution in [3.05, 3.63) is 36.4 Å². The van der Waals surface area contributed by atoms with Gasteiger partial charge in [-0.25, -0.2) is 0 Å². The minimum absolute atomic E-state index is 0. The Bertz CT molecular complexity index is 502. The average molecular weight is 379 g/mol. The molecule has 1 aliphatic rings. The van der Waals surface area contributed by atoms with Gasteiger partial charge in [-0.15, -0.1) is 0 Å².